The number of carbonyl (C=O) groups excluding carboxylic acids is 1. The average molecular weight is 230 g/mol. The van der Waals surface area contributed by atoms with E-state index < -0.39 is 17.4 Å². The Bertz CT molecular complexity index is 335. The second-order valence-corrected chi connectivity index (χ2v) is 5.85. The van der Waals surface area contributed by atoms with Gasteiger partial charge in [-0.2, -0.15) is 0 Å². The van der Waals surface area contributed by atoms with E-state index in [0.717, 1.165) is 0 Å². The van der Waals surface area contributed by atoms with E-state index in [1.807, 2.05) is 6.92 Å². The van der Waals surface area contributed by atoms with Crippen molar-refractivity contribution in [2.24, 2.45) is 11.1 Å². The lowest BCUT2D eigenvalue weighted by atomic mass is 9.84. The van der Waals surface area contributed by atoms with E-state index in [9.17, 15) is 9.59 Å². The van der Waals surface area contributed by atoms with Gasteiger partial charge in [0.05, 0.1) is 5.41 Å². The summed E-state index contributed by atoms with van der Waals surface area (Å²) in [6.45, 7) is 3.83. The van der Waals surface area contributed by atoms with E-state index in [1.54, 1.807) is 11.8 Å². The monoisotopic (exact) mass is 230 g/mol. The van der Waals surface area contributed by atoms with Crippen LogP contribution < -0.4 is 5.73 Å². The molecule has 2 heterocycles. The average Bonchev–Trinajstić information content (AvgIpc) is 2.20. The smallest absolute Gasteiger partial charge is 0.312 e. The Hall–Kier alpha value is -0.750. The zero-order valence-corrected chi connectivity index (χ0v) is 9.45. The third-order valence-electron chi connectivity index (χ3n) is 3.41. The first-order valence-corrected chi connectivity index (χ1v) is 5.77. The summed E-state index contributed by atoms with van der Waals surface area (Å²) in [7, 11) is 0. The molecule has 0 spiro atoms. The zero-order valence-electron chi connectivity index (χ0n) is 8.64. The fourth-order valence-corrected chi connectivity index (χ4v) is 3.46. The van der Waals surface area contributed by atoms with Crippen LogP contribution in [0.2, 0.25) is 0 Å². The minimum atomic E-state index is -0.864. The van der Waals surface area contributed by atoms with Gasteiger partial charge in [0, 0.05) is 11.8 Å². The van der Waals surface area contributed by atoms with Crippen LogP contribution in [-0.2, 0) is 9.59 Å². The molecule has 0 saturated carbocycles. The molecule has 6 heteroatoms. The number of carboxylic acids is 1. The van der Waals surface area contributed by atoms with Crippen molar-refractivity contribution < 1.29 is 14.7 Å². The second kappa shape index (κ2) is 3.12. The highest BCUT2D eigenvalue weighted by Crippen LogP contribution is 2.46. The Morgan fingerprint density at radius 3 is 2.87 bits per heavy atom. The van der Waals surface area contributed by atoms with Crippen LogP contribution in [0.4, 0.5) is 0 Å². The summed E-state index contributed by atoms with van der Waals surface area (Å²) in [5.41, 5.74) is 4.78. The highest BCUT2D eigenvalue weighted by molar-refractivity contribution is 8.00. The maximum atomic E-state index is 11.4. The summed E-state index contributed by atoms with van der Waals surface area (Å²) in [6, 6.07) is -0.448. The third kappa shape index (κ3) is 1.28. The number of aliphatic carboxylic acids is 1. The molecule has 84 valence electrons. The predicted molar refractivity (Wildman–Crippen MR) is 56.3 cm³/mol. The molecule has 1 amide bonds. The first kappa shape index (κ1) is 10.8. The van der Waals surface area contributed by atoms with E-state index >= 15 is 0 Å². The quantitative estimate of drug-likeness (QED) is 0.605. The number of carboxylic acid groups (broad SMARTS) is 1. The summed E-state index contributed by atoms with van der Waals surface area (Å²) < 4.78 is 0. The van der Waals surface area contributed by atoms with Gasteiger partial charge in [0.15, 0.2) is 0 Å². The highest BCUT2D eigenvalue weighted by Gasteiger charge is 2.56. The molecular weight excluding hydrogens is 216 g/mol. The van der Waals surface area contributed by atoms with Crippen LogP contribution in [0.25, 0.3) is 0 Å². The number of carbonyl (C=O) groups is 2. The molecular formula is C9H14N2O3S. The van der Waals surface area contributed by atoms with Crippen molar-refractivity contribution in [2.45, 2.75) is 30.5 Å². The van der Waals surface area contributed by atoms with Crippen molar-refractivity contribution in [1.82, 2.24) is 4.90 Å². The number of nitrogens with zero attached hydrogens (tertiary/aromatic N) is 1. The maximum Gasteiger partial charge on any atom is 0.312 e. The highest BCUT2D eigenvalue weighted by atomic mass is 32.2. The minimum absolute atomic E-state index is 0.0278. The van der Waals surface area contributed by atoms with Gasteiger partial charge < -0.3 is 15.7 Å². The fraction of sp³-hybridized carbons (Fsp3) is 0.778. The number of hydrogen-bond donors (Lipinski definition) is 2. The zero-order chi connectivity index (χ0) is 11.4. The number of thioether (sulfide) groups is 1. The molecule has 2 rings (SSSR count). The van der Waals surface area contributed by atoms with Gasteiger partial charge in [0.25, 0.3) is 0 Å². The van der Waals surface area contributed by atoms with Crippen molar-refractivity contribution in [3.05, 3.63) is 0 Å². The molecule has 5 nitrogen and oxygen atoms in total. The number of fused-ring (bicyclic) bond motifs is 1. The molecule has 2 fully saturated rings. The van der Waals surface area contributed by atoms with Crippen molar-refractivity contribution in [3.63, 3.8) is 0 Å². The van der Waals surface area contributed by atoms with Gasteiger partial charge in [-0.25, -0.2) is 0 Å². The first-order valence-electron chi connectivity index (χ1n) is 4.83. The molecule has 15 heavy (non-hydrogen) atoms. The number of amides is 1. The Kier molecular flexibility index (Phi) is 2.24. The van der Waals surface area contributed by atoms with E-state index in [0.29, 0.717) is 0 Å². The van der Waals surface area contributed by atoms with Crippen LogP contribution in [0.1, 0.15) is 13.8 Å². The molecule has 0 aromatic carbocycles. The SMILES string of the molecule is CC1S[C@@H]2C(N)C(=O)N2CC1(C)C(=O)O. The molecule has 2 aliphatic rings. The van der Waals surface area contributed by atoms with Gasteiger partial charge in [-0.05, 0) is 6.92 Å². The van der Waals surface area contributed by atoms with E-state index in [2.05, 4.69) is 0 Å². The number of β-lactam (4-membered cyclic amide) rings is 1. The lowest BCUT2D eigenvalue weighted by Crippen LogP contribution is -2.72. The third-order valence-corrected chi connectivity index (χ3v) is 5.17. The lowest BCUT2D eigenvalue weighted by molar-refractivity contribution is -0.157. The summed E-state index contributed by atoms with van der Waals surface area (Å²) in [5.74, 6) is -0.985. The standard InChI is InChI=1S/C9H14N2O3S/c1-4-9(2,8(13)14)3-11-6(12)5(10)7(11)15-4/h4-5,7H,3,10H2,1-2H3,(H,13,14)/t4?,5?,7-,9?/m1/s1. The number of rotatable bonds is 1. The molecule has 0 aliphatic carbocycles. The number of hydrogen-bond acceptors (Lipinski definition) is 4. The van der Waals surface area contributed by atoms with Crippen molar-refractivity contribution in [3.8, 4) is 0 Å². The van der Waals surface area contributed by atoms with Gasteiger partial charge in [0.1, 0.15) is 11.4 Å². The van der Waals surface area contributed by atoms with Crippen LogP contribution in [0.15, 0.2) is 0 Å². The largest absolute Gasteiger partial charge is 0.481 e. The Labute approximate surface area is 92.0 Å². The molecule has 2 saturated heterocycles. The molecule has 3 N–H and O–H groups in total. The minimum Gasteiger partial charge on any atom is -0.481 e. The van der Waals surface area contributed by atoms with E-state index in [-0.39, 0.29) is 23.1 Å². The molecule has 0 bridgehead atoms. The summed E-state index contributed by atoms with van der Waals surface area (Å²) >= 11 is 1.48. The molecule has 2 aliphatic heterocycles. The first-order chi connectivity index (χ1) is 6.88. The van der Waals surface area contributed by atoms with Gasteiger partial charge >= 0.3 is 5.97 Å². The van der Waals surface area contributed by atoms with Crippen LogP contribution in [0, 0.1) is 5.41 Å². The fourth-order valence-electron chi connectivity index (χ4n) is 1.96. The van der Waals surface area contributed by atoms with Gasteiger partial charge in [-0.15, -0.1) is 11.8 Å². The summed E-state index contributed by atoms with van der Waals surface area (Å²) in [6.07, 6.45) is 0. The van der Waals surface area contributed by atoms with Gasteiger partial charge in [0.2, 0.25) is 5.91 Å². The Morgan fingerprint density at radius 1 is 1.73 bits per heavy atom. The normalized spacial score (nSPS) is 44.6. The van der Waals surface area contributed by atoms with Crippen LogP contribution in [-0.4, -0.2) is 45.1 Å². The molecule has 3 unspecified atom stereocenters. The van der Waals surface area contributed by atoms with Crippen LogP contribution >= 0.6 is 11.8 Å². The summed E-state index contributed by atoms with van der Waals surface area (Å²) in [4.78, 5) is 24.1. The predicted octanol–water partition coefficient (Wildman–Crippen LogP) is -0.292. The van der Waals surface area contributed by atoms with Crippen molar-refractivity contribution in [1.29, 1.82) is 0 Å². The summed E-state index contributed by atoms with van der Waals surface area (Å²) in [5, 5.41) is 9.11. The second-order valence-electron chi connectivity index (χ2n) is 4.38. The lowest BCUT2D eigenvalue weighted by Gasteiger charge is -2.54. The van der Waals surface area contributed by atoms with Crippen LogP contribution in [0.3, 0.4) is 0 Å². The van der Waals surface area contributed by atoms with E-state index in [4.69, 9.17) is 10.8 Å². The molecule has 0 aromatic heterocycles. The van der Waals surface area contributed by atoms with E-state index in [1.165, 1.54) is 11.8 Å². The molecule has 0 aromatic rings. The molecule has 4 atom stereocenters. The van der Waals surface area contributed by atoms with Gasteiger partial charge in [-0.3, -0.25) is 9.59 Å². The molecule has 0 radical (unpaired) electrons. The Morgan fingerprint density at radius 2 is 2.33 bits per heavy atom. The number of nitrogens with two attached hydrogens (primary N) is 1. The van der Waals surface area contributed by atoms with Crippen LogP contribution in [0.5, 0.6) is 0 Å². The topological polar surface area (TPSA) is 83.6 Å². The van der Waals surface area contributed by atoms with Crippen molar-refractivity contribution >= 4 is 23.6 Å². The Balaban J connectivity index is 2.21. The van der Waals surface area contributed by atoms with Crippen molar-refractivity contribution in [2.75, 3.05) is 6.54 Å². The van der Waals surface area contributed by atoms with Gasteiger partial charge in [-0.1, -0.05) is 6.92 Å². The maximum absolute atomic E-state index is 11.4.